The number of guanidine groups is 1. The quantitative estimate of drug-likeness (QED) is 0.222. The van der Waals surface area contributed by atoms with Crippen LogP contribution in [0.3, 0.4) is 0 Å². The maximum absolute atomic E-state index is 6.11. The van der Waals surface area contributed by atoms with E-state index in [1.165, 1.54) is 5.01 Å². The molecule has 130 valence electrons. The lowest BCUT2D eigenvalue weighted by Crippen LogP contribution is -2.43. The summed E-state index contributed by atoms with van der Waals surface area (Å²) in [4.78, 5) is 4.28. The molecular weight excluding hydrogens is 300 g/mol. The van der Waals surface area contributed by atoms with Crippen LogP contribution in [-0.2, 0) is 0 Å². The first kappa shape index (κ1) is 19.3. The monoisotopic (exact) mass is 328 g/mol. The Kier molecular flexibility index (Phi) is 6.61. The van der Waals surface area contributed by atoms with Gasteiger partial charge in [0.15, 0.2) is 0 Å². The second kappa shape index (κ2) is 8.21. The van der Waals surface area contributed by atoms with E-state index in [-0.39, 0.29) is 5.96 Å². The topological polar surface area (TPSA) is 120 Å². The van der Waals surface area contributed by atoms with Gasteiger partial charge in [-0.1, -0.05) is 26.0 Å². The third-order valence-electron chi connectivity index (χ3n) is 3.69. The van der Waals surface area contributed by atoms with E-state index in [0.29, 0.717) is 22.7 Å². The molecule has 24 heavy (non-hydrogen) atoms. The molecule has 0 unspecified atom stereocenters. The molecule has 0 aliphatic heterocycles. The normalized spacial score (nSPS) is 10.8. The number of hydrogen-bond donors (Lipinski definition) is 4. The summed E-state index contributed by atoms with van der Waals surface area (Å²) in [5, 5.41) is 1.26. The van der Waals surface area contributed by atoms with Crippen LogP contribution in [0.2, 0.25) is 0 Å². The van der Waals surface area contributed by atoms with Crippen LogP contribution in [0.5, 0.6) is 0 Å². The summed E-state index contributed by atoms with van der Waals surface area (Å²) in [6.45, 7) is 9.88. The molecule has 0 aliphatic rings. The summed E-state index contributed by atoms with van der Waals surface area (Å²) >= 11 is 0. The van der Waals surface area contributed by atoms with Crippen LogP contribution in [0.15, 0.2) is 35.3 Å². The molecule has 6 nitrogen and oxygen atoms in total. The zero-order valence-corrected chi connectivity index (χ0v) is 15.1. The molecule has 0 spiro atoms. The molecule has 0 amide bonds. The summed E-state index contributed by atoms with van der Waals surface area (Å²) in [6.07, 6.45) is 0. The second-order valence-corrected chi connectivity index (χ2v) is 5.34. The fourth-order valence-electron chi connectivity index (χ4n) is 2.11. The second-order valence-electron chi connectivity index (χ2n) is 5.34. The van der Waals surface area contributed by atoms with Gasteiger partial charge in [0.1, 0.15) is 0 Å². The lowest BCUT2D eigenvalue weighted by Gasteiger charge is -2.21. The summed E-state index contributed by atoms with van der Waals surface area (Å²) < 4.78 is 0. The van der Waals surface area contributed by atoms with Crippen molar-refractivity contribution < 1.29 is 0 Å². The molecule has 2 aromatic rings. The predicted molar refractivity (Wildman–Crippen MR) is 105 cm³/mol. The Bertz CT molecular complexity index is 737. The minimum atomic E-state index is 0.116. The van der Waals surface area contributed by atoms with Gasteiger partial charge in [-0.3, -0.25) is 0 Å². The van der Waals surface area contributed by atoms with E-state index in [9.17, 15) is 0 Å². The molecule has 0 atom stereocenters. The standard InChI is InChI=1S/C16H22N6.C2H6/c1-9-4-6-13(12(17)8-9)21-16(19)22(20)14-7-5-10(2)11(3)15(14)18;1-2/h4-8H,17-18,20H2,1-3H3,(H2,19,21);1-2H3. The highest BCUT2D eigenvalue weighted by molar-refractivity contribution is 5.99. The number of nitrogens with two attached hydrogens (primary N) is 4. The van der Waals surface area contributed by atoms with Crippen molar-refractivity contribution in [3.63, 3.8) is 0 Å². The van der Waals surface area contributed by atoms with Crippen molar-refractivity contribution in [2.75, 3.05) is 16.5 Å². The van der Waals surface area contributed by atoms with E-state index < -0.39 is 0 Å². The van der Waals surface area contributed by atoms with Gasteiger partial charge in [0.05, 0.1) is 22.7 Å². The van der Waals surface area contributed by atoms with Gasteiger partial charge in [0.25, 0.3) is 0 Å². The zero-order chi connectivity index (χ0) is 18.4. The predicted octanol–water partition coefficient (Wildman–Crippen LogP) is 3.13. The van der Waals surface area contributed by atoms with E-state index in [1.807, 2.05) is 58.9 Å². The Morgan fingerprint density at radius 3 is 2.21 bits per heavy atom. The number of anilines is 3. The fraction of sp³-hybridized carbons (Fsp3) is 0.278. The van der Waals surface area contributed by atoms with Gasteiger partial charge in [-0.2, -0.15) is 0 Å². The fourth-order valence-corrected chi connectivity index (χ4v) is 2.11. The number of nitrogen functional groups attached to an aromatic ring is 2. The first-order chi connectivity index (χ1) is 11.3. The van der Waals surface area contributed by atoms with Gasteiger partial charge in [-0.15, -0.1) is 0 Å². The van der Waals surface area contributed by atoms with Gasteiger partial charge in [-0.25, -0.2) is 15.8 Å². The number of hydrogen-bond acceptors (Lipinski definition) is 4. The first-order valence-corrected chi connectivity index (χ1v) is 7.92. The van der Waals surface area contributed by atoms with E-state index in [2.05, 4.69) is 4.99 Å². The molecule has 2 rings (SSSR count). The van der Waals surface area contributed by atoms with Crippen LogP contribution in [0.1, 0.15) is 30.5 Å². The van der Waals surface area contributed by atoms with Crippen LogP contribution in [-0.4, -0.2) is 5.96 Å². The number of aryl methyl sites for hydroxylation is 2. The van der Waals surface area contributed by atoms with Crippen molar-refractivity contribution in [2.45, 2.75) is 34.6 Å². The van der Waals surface area contributed by atoms with Crippen LogP contribution in [0, 0.1) is 20.8 Å². The van der Waals surface area contributed by atoms with Crippen molar-refractivity contribution in [3.8, 4) is 0 Å². The molecule has 0 bridgehead atoms. The highest BCUT2D eigenvalue weighted by Gasteiger charge is 2.13. The average molecular weight is 328 g/mol. The summed E-state index contributed by atoms with van der Waals surface area (Å²) in [6, 6.07) is 9.30. The third kappa shape index (κ3) is 4.17. The van der Waals surface area contributed by atoms with Crippen molar-refractivity contribution in [3.05, 3.63) is 47.0 Å². The maximum Gasteiger partial charge on any atom is 0.215 e. The van der Waals surface area contributed by atoms with Crippen molar-refractivity contribution in [1.29, 1.82) is 0 Å². The minimum Gasteiger partial charge on any atom is -0.397 e. The highest BCUT2D eigenvalue weighted by atomic mass is 15.5. The van der Waals surface area contributed by atoms with E-state index in [4.69, 9.17) is 23.0 Å². The van der Waals surface area contributed by atoms with Crippen molar-refractivity contribution >= 4 is 28.7 Å². The van der Waals surface area contributed by atoms with Gasteiger partial charge in [0.2, 0.25) is 5.96 Å². The van der Waals surface area contributed by atoms with E-state index >= 15 is 0 Å². The smallest absolute Gasteiger partial charge is 0.215 e. The molecule has 0 fully saturated rings. The molecule has 6 heteroatoms. The molecule has 0 heterocycles. The molecular formula is C18H28N6. The number of nitrogens with zero attached hydrogens (tertiary/aromatic N) is 2. The molecule has 0 saturated carbocycles. The SMILES string of the molecule is CC.Cc1ccc(N=C(N)N(N)c2ccc(C)c(C)c2N)c(N)c1. The van der Waals surface area contributed by atoms with Crippen LogP contribution in [0.25, 0.3) is 0 Å². The van der Waals surface area contributed by atoms with Crippen LogP contribution < -0.4 is 28.1 Å². The number of benzene rings is 2. The Morgan fingerprint density at radius 1 is 1.00 bits per heavy atom. The van der Waals surface area contributed by atoms with Gasteiger partial charge in [-0.05, 0) is 55.7 Å². The number of aliphatic imine (C=N–C) groups is 1. The van der Waals surface area contributed by atoms with Crippen LogP contribution >= 0.6 is 0 Å². The van der Waals surface area contributed by atoms with Gasteiger partial charge in [0, 0.05) is 0 Å². The molecule has 0 aromatic heterocycles. The Labute approximate surface area is 144 Å². The molecule has 0 aliphatic carbocycles. The lowest BCUT2D eigenvalue weighted by molar-refractivity contribution is 1.10. The number of hydrazine groups is 1. The summed E-state index contributed by atoms with van der Waals surface area (Å²) in [7, 11) is 0. The van der Waals surface area contributed by atoms with Gasteiger partial charge < -0.3 is 17.2 Å². The summed E-state index contributed by atoms with van der Waals surface area (Å²) in [5.41, 5.74) is 23.4. The zero-order valence-electron chi connectivity index (χ0n) is 15.1. The van der Waals surface area contributed by atoms with Gasteiger partial charge >= 0.3 is 0 Å². The molecule has 0 radical (unpaired) electrons. The molecule has 0 saturated heterocycles. The van der Waals surface area contributed by atoms with E-state index in [1.54, 1.807) is 6.07 Å². The van der Waals surface area contributed by atoms with Crippen LogP contribution in [0.4, 0.5) is 22.7 Å². The summed E-state index contributed by atoms with van der Waals surface area (Å²) in [5.74, 6) is 6.16. The van der Waals surface area contributed by atoms with Crippen molar-refractivity contribution in [1.82, 2.24) is 0 Å². The Balaban J connectivity index is 0.00000139. The van der Waals surface area contributed by atoms with E-state index in [0.717, 1.165) is 16.7 Å². The maximum atomic E-state index is 6.11. The molecule has 2 aromatic carbocycles. The third-order valence-corrected chi connectivity index (χ3v) is 3.69. The number of rotatable bonds is 2. The Hall–Kier alpha value is -2.73. The molecule has 8 N–H and O–H groups in total. The largest absolute Gasteiger partial charge is 0.397 e. The minimum absolute atomic E-state index is 0.116. The average Bonchev–Trinajstić information content (AvgIpc) is 2.56. The lowest BCUT2D eigenvalue weighted by atomic mass is 10.1. The Morgan fingerprint density at radius 2 is 1.62 bits per heavy atom. The highest BCUT2D eigenvalue weighted by Crippen LogP contribution is 2.28. The first-order valence-electron chi connectivity index (χ1n) is 7.92. The van der Waals surface area contributed by atoms with Crippen molar-refractivity contribution in [2.24, 2.45) is 16.6 Å².